The molecule has 3 aliphatic heterocycles. The third kappa shape index (κ3) is 2.90. The van der Waals surface area contributed by atoms with E-state index < -0.39 is 0 Å². The van der Waals surface area contributed by atoms with Crippen molar-refractivity contribution in [3.63, 3.8) is 0 Å². The number of hydrogen-bond acceptors (Lipinski definition) is 4. The van der Waals surface area contributed by atoms with Gasteiger partial charge in [0.1, 0.15) is 0 Å². The molecule has 5 heterocycles. The first kappa shape index (κ1) is 16.1. The lowest BCUT2D eigenvalue weighted by Crippen LogP contribution is -2.72. The Bertz CT molecular complexity index is 931. The Hall–Kier alpha value is -3.05. The second-order valence-electron chi connectivity index (χ2n) is 7.22. The number of carbonyl (C=O) groups excluding carboxylic acids is 1. The standard InChI is InChI=1S/C22H20N4O/c27-22(18-4-2-10-24-12-18)26-13-19-21(20(14-26)25-19)16-7-5-15(6-8-16)17-3-1-9-23-11-17/h1-12,19-21,25H,13-14H2/t19-,20+,21?. The van der Waals surface area contributed by atoms with E-state index in [2.05, 4.69) is 45.6 Å². The van der Waals surface area contributed by atoms with Gasteiger partial charge in [-0.25, -0.2) is 0 Å². The van der Waals surface area contributed by atoms with E-state index in [9.17, 15) is 4.79 Å². The number of rotatable bonds is 3. The second-order valence-corrected chi connectivity index (χ2v) is 7.22. The van der Waals surface area contributed by atoms with Gasteiger partial charge >= 0.3 is 0 Å². The minimum absolute atomic E-state index is 0.0741. The average Bonchev–Trinajstić information content (AvgIpc) is 2.75. The van der Waals surface area contributed by atoms with Crippen molar-refractivity contribution in [1.29, 1.82) is 0 Å². The highest BCUT2D eigenvalue weighted by Crippen LogP contribution is 2.37. The van der Waals surface area contributed by atoms with Crippen LogP contribution in [-0.2, 0) is 0 Å². The number of hydrogen-bond donors (Lipinski definition) is 1. The molecule has 3 atom stereocenters. The van der Waals surface area contributed by atoms with Crippen LogP contribution >= 0.6 is 0 Å². The van der Waals surface area contributed by atoms with Crippen LogP contribution in [0.15, 0.2) is 73.3 Å². The highest BCUT2D eigenvalue weighted by molar-refractivity contribution is 5.94. The predicted molar refractivity (Wildman–Crippen MR) is 103 cm³/mol. The van der Waals surface area contributed by atoms with Crippen LogP contribution < -0.4 is 5.32 Å². The summed E-state index contributed by atoms with van der Waals surface area (Å²) in [6.07, 6.45) is 7.01. The molecular weight excluding hydrogens is 336 g/mol. The molecule has 3 aromatic rings. The Kier molecular flexibility index (Phi) is 3.94. The zero-order valence-corrected chi connectivity index (χ0v) is 14.8. The summed E-state index contributed by atoms with van der Waals surface area (Å²) < 4.78 is 0. The van der Waals surface area contributed by atoms with Crippen molar-refractivity contribution in [2.24, 2.45) is 0 Å². The molecule has 5 heteroatoms. The van der Waals surface area contributed by atoms with Crippen molar-refractivity contribution in [3.05, 3.63) is 84.4 Å². The van der Waals surface area contributed by atoms with E-state index >= 15 is 0 Å². The molecule has 27 heavy (non-hydrogen) atoms. The molecule has 1 amide bonds. The van der Waals surface area contributed by atoms with Crippen LogP contribution in [0.2, 0.25) is 0 Å². The van der Waals surface area contributed by atoms with Crippen molar-refractivity contribution in [1.82, 2.24) is 20.2 Å². The zero-order valence-electron chi connectivity index (χ0n) is 14.8. The van der Waals surface area contributed by atoms with Crippen LogP contribution in [-0.4, -0.2) is 45.9 Å². The minimum atomic E-state index is 0.0741. The maximum absolute atomic E-state index is 12.7. The Balaban J connectivity index is 1.30. The SMILES string of the molecule is O=C(c1cccnc1)N1C[C@@H]2N[C@H](C1)C2c1ccc(-c2cccnc2)cc1. The van der Waals surface area contributed by atoms with E-state index in [1.807, 2.05) is 29.3 Å². The maximum Gasteiger partial charge on any atom is 0.255 e. The summed E-state index contributed by atoms with van der Waals surface area (Å²) in [5.41, 5.74) is 4.31. The molecule has 0 aliphatic carbocycles. The van der Waals surface area contributed by atoms with Gasteiger partial charge in [0.25, 0.3) is 5.91 Å². The predicted octanol–water partition coefficient (Wildman–Crippen LogP) is 2.72. The van der Waals surface area contributed by atoms with E-state index in [-0.39, 0.29) is 5.91 Å². The monoisotopic (exact) mass is 356 g/mol. The van der Waals surface area contributed by atoms with Crippen molar-refractivity contribution in [2.75, 3.05) is 13.1 Å². The fourth-order valence-electron chi connectivity index (χ4n) is 4.26. The third-order valence-electron chi connectivity index (χ3n) is 5.62. The molecule has 2 bridgehead atoms. The molecule has 0 saturated carbocycles. The molecule has 1 unspecified atom stereocenters. The van der Waals surface area contributed by atoms with Gasteiger partial charge in [-0.15, -0.1) is 0 Å². The number of fused-ring (bicyclic) bond motifs is 2. The van der Waals surface area contributed by atoms with Crippen LogP contribution in [0.25, 0.3) is 11.1 Å². The first-order valence-corrected chi connectivity index (χ1v) is 9.25. The second kappa shape index (κ2) is 6.59. The molecule has 5 nitrogen and oxygen atoms in total. The molecular formula is C22H20N4O. The van der Waals surface area contributed by atoms with Crippen molar-refractivity contribution in [2.45, 2.75) is 18.0 Å². The van der Waals surface area contributed by atoms with Gasteiger partial charge in [-0.1, -0.05) is 30.3 Å². The lowest BCUT2D eigenvalue weighted by molar-refractivity contribution is 0.0367. The highest BCUT2D eigenvalue weighted by atomic mass is 16.2. The quantitative estimate of drug-likeness (QED) is 0.784. The van der Waals surface area contributed by atoms with Crippen LogP contribution in [0, 0.1) is 0 Å². The number of piperazine rings is 1. The summed E-state index contributed by atoms with van der Waals surface area (Å²) in [5, 5.41) is 3.59. The Morgan fingerprint density at radius 3 is 2.22 bits per heavy atom. The van der Waals surface area contributed by atoms with Crippen LogP contribution in [0.5, 0.6) is 0 Å². The number of piperidine rings is 1. The van der Waals surface area contributed by atoms with Gasteiger partial charge in [-0.2, -0.15) is 0 Å². The molecule has 0 radical (unpaired) electrons. The summed E-state index contributed by atoms with van der Waals surface area (Å²) in [6.45, 7) is 1.47. The van der Waals surface area contributed by atoms with Crippen molar-refractivity contribution >= 4 is 5.91 Å². The first-order chi connectivity index (χ1) is 13.3. The fraction of sp³-hybridized carbons (Fsp3) is 0.227. The Morgan fingerprint density at radius 1 is 0.889 bits per heavy atom. The number of nitrogens with zero attached hydrogens (tertiary/aromatic N) is 3. The number of carbonyl (C=O) groups is 1. The number of benzene rings is 1. The lowest BCUT2D eigenvalue weighted by Gasteiger charge is -2.54. The summed E-state index contributed by atoms with van der Waals surface area (Å²) in [7, 11) is 0. The van der Waals surface area contributed by atoms with Crippen molar-refractivity contribution in [3.8, 4) is 11.1 Å². The fourth-order valence-corrected chi connectivity index (χ4v) is 4.26. The molecule has 6 rings (SSSR count). The van der Waals surface area contributed by atoms with Crippen LogP contribution in [0.1, 0.15) is 21.8 Å². The van der Waals surface area contributed by atoms with E-state index in [1.54, 1.807) is 18.6 Å². The van der Waals surface area contributed by atoms with Gasteiger partial charge < -0.3 is 10.2 Å². The van der Waals surface area contributed by atoms with Crippen LogP contribution in [0.3, 0.4) is 0 Å². The van der Waals surface area contributed by atoms with E-state index in [4.69, 9.17) is 0 Å². The van der Waals surface area contributed by atoms with Crippen molar-refractivity contribution < 1.29 is 4.79 Å². The van der Waals surface area contributed by atoms with E-state index in [1.165, 1.54) is 11.1 Å². The molecule has 134 valence electrons. The molecule has 2 aromatic heterocycles. The van der Waals surface area contributed by atoms with Crippen LogP contribution in [0.4, 0.5) is 0 Å². The Morgan fingerprint density at radius 2 is 1.59 bits per heavy atom. The summed E-state index contributed by atoms with van der Waals surface area (Å²) >= 11 is 0. The first-order valence-electron chi connectivity index (χ1n) is 9.25. The van der Waals surface area contributed by atoms with E-state index in [0.29, 0.717) is 23.6 Å². The normalized spacial score (nSPS) is 23.6. The smallest absolute Gasteiger partial charge is 0.255 e. The molecule has 3 aliphatic rings. The number of nitrogens with one attached hydrogen (secondary N) is 1. The summed E-state index contributed by atoms with van der Waals surface area (Å²) in [5.74, 6) is 0.538. The van der Waals surface area contributed by atoms with Gasteiger partial charge in [-0.3, -0.25) is 14.8 Å². The third-order valence-corrected chi connectivity index (χ3v) is 5.62. The van der Waals surface area contributed by atoms with E-state index in [0.717, 1.165) is 18.7 Å². The molecule has 0 spiro atoms. The lowest BCUT2D eigenvalue weighted by atomic mass is 9.74. The molecule has 1 N–H and O–H groups in total. The summed E-state index contributed by atoms with van der Waals surface area (Å²) in [6, 6.07) is 17.1. The van der Waals surface area contributed by atoms with Gasteiger partial charge in [0.15, 0.2) is 0 Å². The van der Waals surface area contributed by atoms with Gasteiger partial charge in [-0.05, 0) is 34.9 Å². The Labute approximate surface area is 158 Å². The van der Waals surface area contributed by atoms with Gasteiger partial charge in [0, 0.05) is 55.9 Å². The highest BCUT2D eigenvalue weighted by Gasteiger charge is 2.48. The molecule has 3 saturated heterocycles. The average molecular weight is 356 g/mol. The summed E-state index contributed by atoms with van der Waals surface area (Å²) in [4.78, 5) is 22.9. The van der Waals surface area contributed by atoms with Gasteiger partial charge in [0.2, 0.25) is 0 Å². The topological polar surface area (TPSA) is 58.1 Å². The number of amides is 1. The number of pyridine rings is 2. The molecule has 1 aromatic carbocycles. The van der Waals surface area contributed by atoms with Gasteiger partial charge in [0.05, 0.1) is 5.56 Å². The minimum Gasteiger partial charge on any atom is -0.335 e. The largest absolute Gasteiger partial charge is 0.335 e. The molecule has 3 fully saturated rings. The number of aromatic nitrogens is 2. The maximum atomic E-state index is 12.7. The zero-order chi connectivity index (χ0) is 18.2.